The first-order valence-electron chi connectivity index (χ1n) is 9.83. The van der Waals surface area contributed by atoms with Gasteiger partial charge in [0.1, 0.15) is 0 Å². The number of unbranched alkanes of at least 4 members (excludes halogenated alkanes) is 11. The summed E-state index contributed by atoms with van der Waals surface area (Å²) in [5.41, 5.74) is 0. The van der Waals surface area contributed by atoms with E-state index in [-0.39, 0.29) is 0 Å². The van der Waals surface area contributed by atoms with Crippen molar-refractivity contribution in [2.45, 2.75) is 117 Å². The molecule has 0 heterocycles. The van der Waals surface area contributed by atoms with Gasteiger partial charge in [0, 0.05) is 0 Å². The summed E-state index contributed by atoms with van der Waals surface area (Å²) in [7, 11) is 0. The summed E-state index contributed by atoms with van der Waals surface area (Å²) in [5, 5.41) is 0. The van der Waals surface area contributed by atoms with Crippen LogP contribution >= 0.6 is 0 Å². The first-order valence-corrected chi connectivity index (χ1v) is 9.83. The zero-order valence-corrected chi connectivity index (χ0v) is 14.5. The van der Waals surface area contributed by atoms with Crippen LogP contribution in [0.1, 0.15) is 117 Å². The third kappa shape index (κ3) is 9.83. The fourth-order valence-electron chi connectivity index (χ4n) is 3.86. The minimum absolute atomic E-state index is 1.03. The molecule has 0 aromatic heterocycles. The lowest BCUT2D eigenvalue weighted by Crippen LogP contribution is -1.94. The molecule has 1 saturated carbocycles. The zero-order chi connectivity index (χ0) is 14.5. The molecule has 0 bridgehead atoms. The molecule has 1 aliphatic carbocycles. The minimum atomic E-state index is 1.03. The SMILES string of the molecule is CCCCCCCCCCCCCCC1CCC(C)C1. The van der Waals surface area contributed by atoms with Gasteiger partial charge in [-0.25, -0.2) is 0 Å². The molecule has 2 unspecified atom stereocenters. The lowest BCUT2D eigenvalue weighted by molar-refractivity contribution is 0.445. The second-order valence-corrected chi connectivity index (χ2v) is 7.46. The molecule has 2 atom stereocenters. The molecule has 0 spiro atoms. The molecule has 0 aromatic rings. The fraction of sp³-hybridized carbons (Fsp3) is 1.00. The highest BCUT2D eigenvalue weighted by molar-refractivity contribution is 4.72. The largest absolute Gasteiger partial charge is 0.0654 e. The van der Waals surface area contributed by atoms with Crippen molar-refractivity contribution < 1.29 is 0 Å². The van der Waals surface area contributed by atoms with E-state index < -0.39 is 0 Å². The standard InChI is InChI=1S/C20H40/c1-3-4-5-6-7-8-9-10-11-12-13-14-15-20-17-16-19(2)18-20/h19-20H,3-18H2,1-2H3. The Kier molecular flexibility index (Phi) is 11.5. The van der Waals surface area contributed by atoms with Crippen LogP contribution in [0.25, 0.3) is 0 Å². The molecular formula is C20H40. The lowest BCUT2D eigenvalue weighted by Gasteiger charge is -2.08. The van der Waals surface area contributed by atoms with Gasteiger partial charge in [-0.05, 0) is 18.3 Å². The molecule has 0 amide bonds. The van der Waals surface area contributed by atoms with Crippen molar-refractivity contribution in [1.29, 1.82) is 0 Å². The second kappa shape index (κ2) is 12.7. The second-order valence-electron chi connectivity index (χ2n) is 7.46. The van der Waals surface area contributed by atoms with Crippen LogP contribution in [0.15, 0.2) is 0 Å². The van der Waals surface area contributed by atoms with Crippen LogP contribution in [-0.4, -0.2) is 0 Å². The van der Waals surface area contributed by atoms with E-state index in [1.165, 1.54) is 103 Å². The van der Waals surface area contributed by atoms with Gasteiger partial charge in [0.05, 0.1) is 0 Å². The van der Waals surface area contributed by atoms with Gasteiger partial charge in [0.15, 0.2) is 0 Å². The Bertz CT molecular complexity index is 196. The number of hydrogen-bond acceptors (Lipinski definition) is 0. The van der Waals surface area contributed by atoms with Crippen LogP contribution < -0.4 is 0 Å². The smallest absolute Gasteiger partial charge is 0.0412 e. The minimum Gasteiger partial charge on any atom is -0.0654 e. The fourth-order valence-corrected chi connectivity index (χ4v) is 3.86. The third-order valence-electron chi connectivity index (χ3n) is 5.27. The van der Waals surface area contributed by atoms with Gasteiger partial charge >= 0.3 is 0 Å². The Balaban J connectivity index is 1.70. The maximum absolute atomic E-state index is 2.43. The molecule has 120 valence electrons. The highest BCUT2D eigenvalue weighted by atomic mass is 14.3. The third-order valence-corrected chi connectivity index (χ3v) is 5.27. The molecule has 0 N–H and O–H groups in total. The Morgan fingerprint density at radius 3 is 1.60 bits per heavy atom. The maximum atomic E-state index is 2.43. The molecule has 1 fully saturated rings. The summed E-state index contributed by atoms with van der Waals surface area (Å²) in [6.07, 6.45) is 23.8. The average Bonchev–Trinajstić information content (AvgIpc) is 2.86. The van der Waals surface area contributed by atoms with Gasteiger partial charge in [-0.3, -0.25) is 0 Å². The van der Waals surface area contributed by atoms with Gasteiger partial charge in [0.25, 0.3) is 0 Å². The van der Waals surface area contributed by atoms with Gasteiger partial charge in [-0.15, -0.1) is 0 Å². The molecule has 0 saturated heterocycles. The van der Waals surface area contributed by atoms with Gasteiger partial charge in [0.2, 0.25) is 0 Å². The zero-order valence-electron chi connectivity index (χ0n) is 14.5. The number of hydrogen-bond donors (Lipinski definition) is 0. The van der Waals surface area contributed by atoms with Crippen molar-refractivity contribution in [2.75, 3.05) is 0 Å². The van der Waals surface area contributed by atoms with Crippen LogP contribution in [-0.2, 0) is 0 Å². The van der Waals surface area contributed by atoms with Crippen LogP contribution in [0.3, 0.4) is 0 Å². The van der Waals surface area contributed by atoms with Gasteiger partial charge in [-0.1, -0.05) is 110 Å². The summed E-state index contributed by atoms with van der Waals surface area (Å²) in [5.74, 6) is 2.12. The van der Waals surface area contributed by atoms with Gasteiger partial charge < -0.3 is 0 Å². The van der Waals surface area contributed by atoms with Crippen molar-refractivity contribution >= 4 is 0 Å². The quantitative estimate of drug-likeness (QED) is 0.306. The Morgan fingerprint density at radius 1 is 0.650 bits per heavy atom. The molecule has 0 nitrogen and oxygen atoms in total. The van der Waals surface area contributed by atoms with E-state index in [4.69, 9.17) is 0 Å². The predicted molar refractivity (Wildman–Crippen MR) is 92.2 cm³/mol. The molecule has 0 aromatic carbocycles. The van der Waals surface area contributed by atoms with Crippen LogP contribution in [0, 0.1) is 11.8 Å². The first kappa shape index (κ1) is 18.1. The predicted octanol–water partition coefficient (Wildman–Crippen LogP) is 7.51. The first-order chi connectivity index (χ1) is 9.83. The molecule has 0 aliphatic heterocycles. The van der Waals surface area contributed by atoms with E-state index in [0.717, 1.165) is 11.8 Å². The molecule has 1 aliphatic rings. The molecule has 0 heteroatoms. The topological polar surface area (TPSA) is 0 Å². The summed E-state index contributed by atoms with van der Waals surface area (Å²) >= 11 is 0. The van der Waals surface area contributed by atoms with Gasteiger partial charge in [-0.2, -0.15) is 0 Å². The van der Waals surface area contributed by atoms with E-state index in [0.29, 0.717) is 0 Å². The van der Waals surface area contributed by atoms with E-state index >= 15 is 0 Å². The van der Waals surface area contributed by atoms with Crippen LogP contribution in [0.4, 0.5) is 0 Å². The normalized spacial score (nSPS) is 22.5. The number of rotatable bonds is 13. The molecule has 0 radical (unpaired) electrons. The summed E-state index contributed by atoms with van der Waals surface area (Å²) in [6, 6.07) is 0. The van der Waals surface area contributed by atoms with Crippen molar-refractivity contribution in [1.82, 2.24) is 0 Å². The summed E-state index contributed by atoms with van der Waals surface area (Å²) in [4.78, 5) is 0. The van der Waals surface area contributed by atoms with E-state index in [9.17, 15) is 0 Å². The monoisotopic (exact) mass is 280 g/mol. The van der Waals surface area contributed by atoms with E-state index in [2.05, 4.69) is 13.8 Å². The molecular weight excluding hydrogens is 240 g/mol. The highest BCUT2D eigenvalue weighted by Crippen LogP contribution is 2.33. The van der Waals surface area contributed by atoms with Crippen molar-refractivity contribution in [3.8, 4) is 0 Å². The summed E-state index contributed by atoms with van der Waals surface area (Å²) in [6.45, 7) is 4.73. The Hall–Kier alpha value is 0. The Labute approximate surface area is 129 Å². The van der Waals surface area contributed by atoms with Crippen LogP contribution in [0.5, 0.6) is 0 Å². The Morgan fingerprint density at radius 2 is 1.15 bits per heavy atom. The van der Waals surface area contributed by atoms with Crippen molar-refractivity contribution in [3.05, 3.63) is 0 Å². The lowest BCUT2D eigenvalue weighted by atomic mass is 9.98. The highest BCUT2D eigenvalue weighted by Gasteiger charge is 2.20. The van der Waals surface area contributed by atoms with Crippen LogP contribution in [0.2, 0.25) is 0 Å². The van der Waals surface area contributed by atoms with Crippen molar-refractivity contribution in [3.63, 3.8) is 0 Å². The summed E-state index contributed by atoms with van der Waals surface area (Å²) < 4.78 is 0. The average molecular weight is 281 g/mol. The molecule has 20 heavy (non-hydrogen) atoms. The molecule has 1 rings (SSSR count). The van der Waals surface area contributed by atoms with Crippen molar-refractivity contribution in [2.24, 2.45) is 11.8 Å². The maximum Gasteiger partial charge on any atom is -0.0412 e. The van der Waals surface area contributed by atoms with E-state index in [1.807, 2.05) is 0 Å². The van der Waals surface area contributed by atoms with E-state index in [1.54, 1.807) is 0 Å².